The number of aromatic nitrogens is 1. The van der Waals surface area contributed by atoms with Gasteiger partial charge in [0.2, 0.25) is 5.91 Å². The molecule has 1 saturated heterocycles. The molecule has 1 aliphatic rings. The Hall–Kier alpha value is -2.24. The number of pyridine rings is 1. The monoisotopic (exact) mass is 339 g/mol. The molecule has 1 N–H and O–H groups in total. The number of rotatable bonds is 6. The fourth-order valence-electron chi connectivity index (χ4n) is 3.03. The van der Waals surface area contributed by atoms with Gasteiger partial charge in [0, 0.05) is 32.4 Å². The van der Waals surface area contributed by atoms with Crippen LogP contribution >= 0.6 is 0 Å². The quantitative estimate of drug-likeness (QED) is 0.874. The van der Waals surface area contributed by atoms with Crippen LogP contribution in [0, 0.1) is 6.92 Å². The van der Waals surface area contributed by atoms with Gasteiger partial charge in [-0.15, -0.1) is 0 Å². The van der Waals surface area contributed by atoms with Crippen LogP contribution in [0.1, 0.15) is 22.7 Å². The van der Waals surface area contributed by atoms with Crippen LogP contribution in [0.2, 0.25) is 0 Å². The van der Waals surface area contributed by atoms with E-state index in [4.69, 9.17) is 4.74 Å². The molecule has 5 heteroatoms. The van der Waals surface area contributed by atoms with Crippen molar-refractivity contribution in [3.05, 3.63) is 65.5 Å². The lowest BCUT2D eigenvalue weighted by Gasteiger charge is -2.27. The normalized spacial score (nSPS) is 16.4. The van der Waals surface area contributed by atoms with Crippen molar-refractivity contribution in [2.45, 2.75) is 12.8 Å². The van der Waals surface area contributed by atoms with Gasteiger partial charge in [0.25, 0.3) is 0 Å². The number of benzene rings is 1. The molecule has 0 bridgehead atoms. The molecule has 5 nitrogen and oxygen atoms in total. The highest BCUT2D eigenvalue weighted by molar-refractivity contribution is 5.86. The van der Waals surface area contributed by atoms with E-state index in [0.717, 1.165) is 44.1 Å². The summed E-state index contributed by atoms with van der Waals surface area (Å²) in [7, 11) is 0. The molecule has 1 aliphatic heterocycles. The highest BCUT2D eigenvalue weighted by Gasteiger charge is 2.23. The van der Waals surface area contributed by atoms with E-state index >= 15 is 0 Å². The number of hydrogen-bond donors (Lipinski definition) is 1. The number of aryl methyl sites for hydroxylation is 1. The van der Waals surface area contributed by atoms with Crippen LogP contribution in [-0.2, 0) is 9.53 Å². The number of carbonyl (C=O) groups is 1. The smallest absolute Gasteiger partial charge is 0.233 e. The maximum atomic E-state index is 12.9. The summed E-state index contributed by atoms with van der Waals surface area (Å²) >= 11 is 0. The molecule has 0 radical (unpaired) electrons. The van der Waals surface area contributed by atoms with Crippen molar-refractivity contribution in [1.82, 2.24) is 15.2 Å². The van der Waals surface area contributed by atoms with Gasteiger partial charge in [0.15, 0.2) is 0 Å². The first-order valence-electron chi connectivity index (χ1n) is 8.79. The van der Waals surface area contributed by atoms with Crippen LogP contribution in [0.3, 0.4) is 0 Å². The summed E-state index contributed by atoms with van der Waals surface area (Å²) in [6, 6.07) is 13.8. The van der Waals surface area contributed by atoms with Crippen molar-refractivity contribution in [1.29, 1.82) is 0 Å². The van der Waals surface area contributed by atoms with Crippen molar-refractivity contribution in [2.75, 3.05) is 39.4 Å². The molecular weight excluding hydrogens is 314 g/mol. The van der Waals surface area contributed by atoms with Crippen LogP contribution in [0.5, 0.6) is 0 Å². The first kappa shape index (κ1) is 17.6. The van der Waals surface area contributed by atoms with Gasteiger partial charge >= 0.3 is 0 Å². The first-order chi connectivity index (χ1) is 12.2. The average molecular weight is 339 g/mol. The van der Waals surface area contributed by atoms with Crippen LogP contribution < -0.4 is 5.32 Å². The maximum absolute atomic E-state index is 12.9. The van der Waals surface area contributed by atoms with E-state index in [0.29, 0.717) is 6.54 Å². The molecule has 2 heterocycles. The molecule has 1 amide bonds. The van der Waals surface area contributed by atoms with Crippen molar-refractivity contribution in [3.8, 4) is 0 Å². The number of nitrogens with zero attached hydrogens (tertiary/aromatic N) is 2. The SMILES string of the molecule is Cc1ccc(C(C(=O)NCCN2CCOCC2)c2ccccn2)cc1. The minimum Gasteiger partial charge on any atom is -0.379 e. The van der Waals surface area contributed by atoms with E-state index in [1.165, 1.54) is 5.56 Å². The molecule has 1 aromatic carbocycles. The lowest BCUT2D eigenvalue weighted by Crippen LogP contribution is -2.42. The number of hydrogen-bond acceptors (Lipinski definition) is 4. The number of amides is 1. The zero-order chi connectivity index (χ0) is 17.5. The molecular formula is C20H25N3O2. The molecule has 0 saturated carbocycles. The topological polar surface area (TPSA) is 54.5 Å². The third-order valence-electron chi connectivity index (χ3n) is 4.49. The van der Waals surface area contributed by atoms with Gasteiger partial charge in [-0.3, -0.25) is 14.7 Å². The van der Waals surface area contributed by atoms with E-state index in [9.17, 15) is 4.79 Å². The van der Waals surface area contributed by atoms with Gasteiger partial charge in [0.1, 0.15) is 5.92 Å². The number of ether oxygens (including phenoxy) is 1. The lowest BCUT2D eigenvalue weighted by molar-refractivity contribution is -0.121. The van der Waals surface area contributed by atoms with Crippen molar-refractivity contribution >= 4 is 5.91 Å². The summed E-state index contributed by atoms with van der Waals surface area (Å²) in [4.78, 5) is 19.6. The molecule has 1 aromatic heterocycles. The molecule has 1 fully saturated rings. The van der Waals surface area contributed by atoms with Crippen molar-refractivity contribution in [2.24, 2.45) is 0 Å². The van der Waals surface area contributed by atoms with Gasteiger partial charge < -0.3 is 10.1 Å². The third kappa shape index (κ3) is 4.87. The molecule has 1 atom stereocenters. The minimum atomic E-state index is -0.383. The van der Waals surface area contributed by atoms with Crippen LogP contribution in [0.15, 0.2) is 48.7 Å². The molecule has 2 aromatic rings. The Balaban J connectivity index is 1.68. The Bertz CT molecular complexity index is 667. The highest BCUT2D eigenvalue weighted by Crippen LogP contribution is 2.23. The molecule has 25 heavy (non-hydrogen) atoms. The Kier molecular flexibility index (Phi) is 6.14. The summed E-state index contributed by atoms with van der Waals surface area (Å²) < 4.78 is 5.35. The largest absolute Gasteiger partial charge is 0.379 e. The fourth-order valence-corrected chi connectivity index (χ4v) is 3.03. The second kappa shape index (κ2) is 8.74. The van der Waals surface area contributed by atoms with Crippen LogP contribution in [0.4, 0.5) is 0 Å². The second-order valence-corrected chi connectivity index (χ2v) is 6.34. The highest BCUT2D eigenvalue weighted by atomic mass is 16.5. The zero-order valence-corrected chi connectivity index (χ0v) is 14.6. The van der Waals surface area contributed by atoms with E-state index in [-0.39, 0.29) is 11.8 Å². The van der Waals surface area contributed by atoms with E-state index in [2.05, 4.69) is 15.2 Å². The second-order valence-electron chi connectivity index (χ2n) is 6.34. The summed E-state index contributed by atoms with van der Waals surface area (Å²) in [5.41, 5.74) is 2.92. The maximum Gasteiger partial charge on any atom is 0.233 e. The van der Waals surface area contributed by atoms with E-state index < -0.39 is 0 Å². The number of morpholine rings is 1. The average Bonchev–Trinajstić information content (AvgIpc) is 2.65. The predicted molar refractivity (Wildman–Crippen MR) is 97.5 cm³/mol. The number of nitrogens with one attached hydrogen (secondary N) is 1. The summed E-state index contributed by atoms with van der Waals surface area (Å²) in [5.74, 6) is -0.387. The first-order valence-corrected chi connectivity index (χ1v) is 8.79. The summed E-state index contributed by atoms with van der Waals surface area (Å²) in [6.07, 6.45) is 1.73. The number of carbonyl (C=O) groups excluding carboxylic acids is 1. The van der Waals surface area contributed by atoms with E-state index in [1.54, 1.807) is 6.20 Å². The Morgan fingerprint density at radius 1 is 1.20 bits per heavy atom. The van der Waals surface area contributed by atoms with Gasteiger partial charge in [-0.2, -0.15) is 0 Å². The molecule has 1 unspecified atom stereocenters. The van der Waals surface area contributed by atoms with Crippen LogP contribution in [0.25, 0.3) is 0 Å². The van der Waals surface area contributed by atoms with Gasteiger partial charge in [-0.25, -0.2) is 0 Å². The lowest BCUT2D eigenvalue weighted by atomic mass is 9.93. The Morgan fingerprint density at radius 3 is 2.64 bits per heavy atom. The van der Waals surface area contributed by atoms with Crippen LogP contribution in [-0.4, -0.2) is 55.2 Å². The molecule has 0 aliphatic carbocycles. The molecule has 132 valence electrons. The summed E-state index contributed by atoms with van der Waals surface area (Å²) in [5, 5.41) is 3.08. The van der Waals surface area contributed by atoms with Crippen molar-refractivity contribution < 1.29 is 9.53 Å². The zero-order valence-electron chi connectivity index (χ0n) is 14.6. The van der Waals surface area contributed by atoms with Crippen molar-refractivity contribution in [3.63, 3.8) is 0 Å². The van der Waals surface area contributed by atoms with Gasteiger partial charge in [0.05, 0.1) is 18.9 Å². The Morgan fingerprint density at radius 2 is 1.96 bits per heavy atom. The standard InChI is InChI=1S/C20H25N3O2/c1-16-5-7-17(8-6-16)19(18-4-2-3-9-21-18)20(24)22-10-11-23-12-14-25-15-13-23/h2-9,19H,10-15H2,1H3,(H,22,24). The third-order valence-corrected chi connectivity index (χ3v) is 4.49. The van der Waals surface area contributed by atoms with Gasteiger partial charge in [-0.05, 0) is 24.6 Å². The Labute approximate surface area is 149 Å². The molecule has 0 spiro atoms. The van der Waals surface area contributed by atoms with E-state index in [1.807, 2.05) is 49.4 Å². The minimum absolute atomic E-state index is 0.00388. The summed E-state index contributed by atoms with van der Waals surface area (Å²) in [6.45, 7) is 6.92. The predicted octanol–water partition coefficient (Wildman–Crippen LogP) is 1.97. The fraction of sp³-hybridized carbons (Fsp3) is 0.400. The van der Waals surface area contributed by atoms with Gasteiger partial charge in [-0.1, -0.05) is 35.9 Å². The molecule has 3 rings (SSSR count).